The molecule has 1 atom stereocenters. The molecule has 0 aromatic heterocycles. The maximum atomic E-state index is 10.6. The lowest BCUT2D eigenvalue weighted by molar-refractivity contribution is -0.192. The van der Waals surface area contributed by atoms with E-state index in [-0.39, 0.29) is 0 Å². The lowest BCUT2D eigenvalue weighted by atomic mass is 9.79. The highest BCUT2D eigenvalue weighted by atomic mass is 79.9. The van der Waals surface area contributed by atoms with Crippen LogP contribution in [-0.4, -0.2) is 23.8 Å². The first-order valence-corrected chi connectivity index (χ1v) is 7.91. The van der Waals surface area contributed by atoms with E-state index < -0.39 is 12.1 Å². The van der Waals surface area contributed by atoms with Crippen molar-refractivity contribution in [1.29, 1.82) is 0 Å². The van der Waals surface area contributed by atoms with Gasteiger partial charge in [0.25, 0.3) is 0 Å². The fraction of sp³-hybridized carbons (Fsp3) is 0.533. The predicted octanol–water partition coefficient (Wildman–Crippen LogP) is 4.00. The summed E-state index contributed by atoms with van der Waals surface area (Å²) in [5, 5.41) is 10.7. The van der Waals surface area contributed by atoms with Crippen LogP contribution in [0.25, 0.3) is 0 Å². The zero-order valence-electron chi connectivity index (χ0n) is 11.8. The molecule has 1 aliphatic carbocycles. The molecule has 7 heteroatoms. The van der Waals surface area contributed by atoms with E-state index in [9.17, 15) is 13.2 Å². The highest BCUT2D eigenvalue weighted by Crippen LogP contribution is 2.40. The third-order valence-corrected chi connectivity index (χ3v) is 4.75. The quantitative estimate of drug-likeness (QED) is 0.716. The SMILES string of the molecule is Brc1ccc2c3c1CCCC3CCNC2.O=C(O)C(F)(F)F. The van der Waals surface area contributed by atoms with Crippen LogP contribution in [0, 0.1) is 0 Å². The first-order valence-electron chi connectivity index (χ1n) is 7.11. The minimum absolute atomic E-state index is 0.816. The second-order valence-corrected chi connectivity index (χ2v) is 6.31. The average molecular weight is 380 g/mol. The average Bonchev–Trinajstić information content (AvgIpc) is 2.66. The Morgan fingerprint density at radius 3 is 2.64 bits per heavy atom. The summed E-state index contributed by atoms with van der Waals surface area (Å²) in [6.45, 7) is 2.24. The van der Waals surface area contributed by atoms with Crippen molar-refractivity contribution in [2.45, 2.75) is 44.3 Å². The molecule has 0 saturated carbocycles. The number of rotatable bonds is 0. The number of halogens is 4. The molecule has 1 aromatic rings. The van der Waals surface area contributed by atoms with E-state index in [2.05, 4.69) is 33.4 Å². The van der Waals surface area contributed by atoms with Gasteiger partial charge in [0.2, 0.25) is 0 Å². The molecule has 122 valence electrons. The topological polar surface area (TPSA) is 49.3 Å². The summed E-state index contributed by atoms with van der Waals surface area (Å²) < 4.78 is 33.1. The number of hydrogen-bond acceptors (Lipinski definition) is 2. The Morgan fingerprint density at radius 1 is 1.32 bits per heavy atom. The Bertz CT molecular complexity index is 560. The minimum Gasteiger partial charge on any atom is -0.475 e. The monoisotopic (exact) mass is 379 g/mol. The number of alkyl halides is 3. The summed E-state index contributed by atoms with van der Waals surface area (Å²) in [5.74, 6) is -1.94. The molecule has 0 saturated heterocycles. The van der Waals surface area contributed by atoms with E-state index in [1.807, 2.05) is 0 Å². The molecule has 3 nitrogen and oxygen atoms in total. The van der Waals surface area contributed by atoms with E-state index in [4.69, 9.17) is 9.90 Å². The van der Waals surface area contributed by atoms with Crippen molar-refractivity contribution in [2.24, 2.45) is 0 Å². The molecule has 1 heterocycles. The highest BCUT2D eigenvalue weighted by molar-refractivity contribution is 9.10. The van der Waals surface area contributed by atoms with E-state index in [1.54, 1.807) is 11.1 Å². The van der Waals surface area contributed by atoms with Crippen LogP contribution in [0.5, 0.6) is 0 Å². The van der Waals surface area contributed by atoms with Gasteiger partial charge in [-0.05, 0) is 60.9 Å². The van der Waals surface area contributed by atoms with Gasteiger partial charge in [0, 0.05) is 11.0 Å². The maximum absolute atomic E-state index is 10.6. The molecule has 1 aliphatic heterocycles. The smallest absolute Gasteiger partial charge is 0.475 e. The number of carboxylic acids is 1. The number of aliphatic carboxylic acids is 1. The Morgan fingerprint density at radius 2 is 2.00 bits per heavy atom. The summed E-state index contributed by atoms with van der Waals surface area (Å²) in [6, 6.07) is 4.52. The van der Waals surface area contributed by atoms with Crippen molar-refractivity contribution in [3.8, 4) is 0 Å². The van der Waals surface area contributed by atoms with Crippen molar-refractivity contribution >= 4 is 21.9 Å². The van der Waals surface area contributed by atoms with Crippen LogP contribution in [0.1, 0.15) is 41.9 Å². The van der Waals surface area contributed by atoms with Crippen LogP contribution in [0.2, 0.25) is 0 Å². The molecule has 2 N–H and O–H groups in total. The molecule has 0 amide bonds. The number of carboxylic acid groups (broad SMARTS) is 1. The lowest BCUT2D eigenvalue weighted by Crippen LogP contribution is -2.21. The summed E-state index contributed by atoms with van der Waals surface area (Å²) in [6.07, 6.45) is 0.245. The van der Waals surface area contributed by atoms with Gasteiger partial charge in [-0.15, -0.1) is 0 Å². The highest BCUT2D eigenvalue weighted by Gasteiger charge is 2.38. The summed E-state index contributed by atoms with van der Waals surface area (Å²) >= 11 is 3.70. The van der Waals surface area contributed by atoms with E-state index in [0.717, 1.165) is 12.5 Å². The Balaban J connectivity index is 0.000000217. The van der Waals surface area contributed by atoms with Crippen LogP contribution in [0.15, 0.2) is 16.6 Å². The normalized spacial score (nSPS) is 20.3. The van der Waals surface area contributed by atoms with Crippen molar-refractivity contribution in [2.75, 3.05) is 6.54 Å². The van der Waals surface area contributed by atoms with Gasteiger partial charge >= 0.3 is 12.1 Å². The molecule has 22 heavy (non-hydrogen) atoms. The standard InChI is InChI=1S/C13H16BrN.C2HF3O2/c14-12-5-4-10-8-15-7-6-9-2-1-3-11(12)13(9)10;3-2(4,5)1(6)7/h4-5,9,15H,1-3,6-8H2;(H,6,7). The van der Waals surface area contributed by atoms with Crippen molar-refractivity contribution in [3.05, 3.63) is 33.3 Å². The Labute approximate surface area is 135 Å². The predicted molar refractivity (Wildman–Crippen MR) is 79.8 cm³/mol. The first kappa shape index (κ1) is 17.3. The Kier molecular flexibility index (Phi) is 5.50. The summed E-state index contributed by atoms with van der Waals surface area (Å²) in [7, 11) is 0. The third-order valence-electron chi connectivity index (χ3n) is 4.01. The summed E-state index contributed by atoms with van der Waals surface area (Å²) in [5.41, 5.74) is 4.79. The number of nitrogens with one attached hydrogen (secondary N) is 1. The second kappa shape index (κ2) is 7.00. The molecule has 0 spiro atoms. The van der Waals surface area contributed by atoms with Crippen LogP contribution < -0.4 is 5.32 Å². The van der Waals surface area contributed by atoms with Gasteiger partial charge in [0.1, 0.15) is 0 Å². The molecule has 1 unspecified atom stereocenters. The van der Waals surface area contributed by atoms with Crippen LogP contribution in [0.4, 0.5) is 13.2 Å². The number of benzene rings is 1. The lowest BCUT2D eigenvalue weighted by Gasteiger charge is -2.27. The Hall–Kier alpha value is -1.08. The van der Waals surface area contributed by atoms with Crippen LogP contribution in [0.3, 0.4) is 0 Å². The third kappa shape index (κ3) is 4.01. The molecule has 0 radical (unpaired) electrons. The van der Waals surface area contributed by atoms with Crippen LogP contribution >= 0.6 is 15.9 Å². The van der Waals surface area contributed by atoms with E-state index in [0.29, 0.717) is 0 Å². The fourth-order valence-corrected chi connectivity index (χ4v) is 3.61. The molecular formula is C15H17BrF3NO2. The van der Waals surface area contributed by atoms with Crippen molar-refractivity contribution in [1.82, 2.24) is 5.32 Å². The second-order valence-electron chi connectivity index (χ2n) is 5.46. The molecule has 0 fully saturated rings. The number of hydrogen-bond donors (Lipinski definition) is 2. The van der Waals surface area contributed by atoms with E-state index in [1.165, 1.54) is 42.3 Å². The zero-order chi connectivity index (χ0) is 16.3. The summed E-state index contributed by atoms with van der Waals surface area (Å²) in [4.78, 5) is 8.90. The first-order chi connectivity index (χ1) is 10.3. The van der Waals surface area contributed by atoms with Gasteiger partial charge in [-0.1, -0.05) is 22.0 Å². The maximum Gasteiger partial charge on any atom is 0.490 e. The largest absolute Gasteiger partial charge is 0.490 e. The minimum atomic E-state index is -5.08. The van der Waals surface area contributed by atoms with Crippen molar-refractivity contribution < 1.29 is 23.1 Å². The van der Waals surface area contributed by atoms with Gasteiger partial charge in [0.15, 0.2) is 0 Å². The molecule has 0 bridgehead atoms. The van der Waals surface area contributed by atoms with Gasteiger partial charge in [-0.25, -0.2) is 4.79 Å². The van der Waals surface area contributed by atoms with Gasteiger partial charge < -0.3 is 10.4 Å². The van der Waals surface area contributed by atoms with E-state index >= 15 is 0 Å². The molecule has 3 rings (SSSR count). The molecule has 2 aliphatic rings. The molecular weight excluding hydrogens is 363 g/mol. The van der Waals surface area contributed by atoms with Crippen molar-refractivity contribution in [3.63, 3.8) is 0 Å². The molecule has 1 aromatic carbocycles. The van der Waals surface area contributed by atoms with Gasteiger partial charge in [-0.2, -0.15) is 13.2 Å². The van der Waals surface area contributed by atoms with Gasteiger partial charge in [-0.3, -0.25) is 0 Å². The number of carbonyl (C=O) groups is 1. The van der Waals surface area contributed by atoms with Gasteiger partial charge in [0.05, 0.1) is 0 Å². The zero-order valence-corrected chi connectivity index (χ0v) is 13.4. The fourth-order valence-electron chi connectivity index (χ4n) is 3.06. The van der Waals surface area contributed by atoms with Crippen LogP contribution in [-0.2, 0) is 17.8 Å².